The van der Waals surface area contributed by atoms with Crippen LogP contribution in [0.25, 0.3) is 20.7 Å². The van der Waals surface area contributed by atoms with Crippen molar-refractivity contribution in [2.24, 2.45) is 0 Å². The van der Waals surface area contributed by atoms with Crippen LogP contribution in [0.3, 0.4) is 0 Å². The number of nitrogens with zero attached hydrogens (tertiary/aromatic N) is 2. The first kappa shape index (κ1) is 18.1. The van der Waals surface area contributed by atoms with Gasteiger partial charge >= 0.3 is 0 Å². The molecule has 5 nitrogen and oxygen atoms in total. The maximum Gasteiger partial charge on any atom is 0.271 e. The predicted octanol–water partition coefficient (Wildman–Crippen LogP) is 4.41. The van der Waals surface area contributed by atoms with Gasteiger partial charge in [-0.3, -0.25) is 14.2 Å². The van der Waals surface area contributed by atoms with Crippen molar-refractivity contribution in [3.8, 4) is 16.2 Å². The molecule has 0 radical (unpaired) electrons. The fraction of sp³-hybridized carbons (Fsp3) is 0.136. The van der Waals surface area contributed by atoms with Crippen LogP contribution in [0.5, 0.6) is 5.75 Å². The summed E-state index contributed by atoms with van der Waals surface area (Å²) >= 11 is 1.45. The molecular weight excluding hydrogens is 372 g/mol. The third-order valence-electron chi connectivity index (χ3n) is 4.42. The van der Waals surface area contributed by atoms with Crippen LogP contribution in [-0.4, -0.2) is 21.9 Å². The minimum Gasteiger partial charge on any atom is -0.491 e. The Morgan fingerprint density at radius 3 is 2.64 bits per heavy atom. The van der Waals surface area contributed by atoms with Crippen molar-refractivity contribution in [2.75, 3.05) is 6.61 Å². The van der Waals surface area contributed by atoms with Gasteiger partial charge in [0.2, 0.25) is 0 Å². The smallest absolute Gasteiger partial charge is 0.271 e. The lowest BCUT2D eigenvalue weighted by molar-refractivity contribution is 0.101. The van der Waals surface area contributed by atoms with E-state index >= 15 is 0 Å². The first-order valence-corrected chi connectivity index (χ1v) is 9.72. The van der Waals surface area contributed by atoms with Gasteiger partial charge in [0.25, 0.3) is 5.56 Å². The molecule has 2 heterocycles. The number of Topliss-reactive ketones (excluding diaryl/α,β-unsaturated/α-hetero) is 1. The topological polar surface area (TPSA) is 61.2 Å². The number of hydrogen-bond acceptors (Lipinski definition) is 5. The van der Waals surface area contributed by atoms with E-state index in [2.05, 4.69) is 4.98 Å². The van der Waals surface area contributed by atoms with Crippen LogP contribution in [0.2, 0.25) is 0 Å². The monoisotopic (exact) mass is 390 g/mol. The number of benzene rings is 2. The molecule has 0 spiro atoms. The number of hydrogen-bond donors (Lipinski definition) is 0. The Hall–Kier alpha value is -3.25. The van der Waals surface area contributed by atoms with Crippen molar-refractivity contribution in [1.29, 1.82) is 0 Å². The minimum atomic E-state index is -0.0827. The summed E-state index contributed by atoms with van der Waals surface area (Å²) in [5.74, 6) is 0.474. The van der Waals surface area contributed by atoms with Gasteiger partial charge in [-0.05, 0) is 30.7 Å². The number of fused-ring (bicyclic) bond motifs is 1. The maximum absolute atomic E-state index is 12.8. The Morgan fingerprint density at radius 2 is 1.86 bits per heavy atom. The Bertz CT molecular complexity index is 1200. The van der Waals surface area contributed by atoms with E-state index in [1.807, 2.05) is 42.5 Å². The molecule has 0 atom stereocenters. The summed E-state index contributed by atoms with van der Waals surface area (Å²) < 4.78 is 7.91. The first-order valence-electron chi connectivity index (χ1n) is 8.90. The van der Waals surface area contributed by atoms with Gasteiger partial charge in [-0.25, -0.2) is 4.98 Å². The SMILES string of the molecule is CC(=O)c1ccccc1OCCn1cnc2cc(-c3ccccc3)sc2c1=O. The quantitative estimate of drug-likeness (QED) is 0.458. The Morgan fingerprint density at radius 1 is 1.11 bits per heavy atom. The molecule has 6 heteroatoms. The molecule has 0 fully saturated rings. The summed E-state index contributed by atoms with van der Waals surface area (Å²) in [4.78, 5) is 29.9. The van der Waals surface area contributed by atoms with Crippen molar-refractivity contribution in [1.82, 2.24) is 9.55 Å². The lowest BCUT2D eigenvalue weighted by atomic mass is 10.1. The standard InChI is InChI=1S/C22H18N2O3S/c1-15(25)17-9-5-6-10-19(17)27-12-11-24-14-23-18-13-20(28-21(18)22(24)26)16-7-3-2-4-8-16/h2-10,13-14H,11-12H2,1H3. The van der Waals surface area contributed by atoms with E-state index in [1.165, 1.54) is 18.3 Å². The lowest BCUT2D eigenvalue weighted by Gasteiger charge is -2.10. The molecule has 0 saturated carbocycles. The second-order valence-corrected chi connectivity index (χ2v) is 7.39. The molecule has 140 valence electrons. The van der Waals surface area contributed by atoms with Crippen LogP contribution in [0.4, 0.5) is 0 Å². The van der Waals surface area contributed by atoms with Crippen molar-refractivity contribution < 1.29 is 9.53 Å². The second kappa shape index (κ2) is 7.78. The summed E-state index contributed by atoms with van der Waals surface area (Å²) in [5.41, 5.74) is 2.23. The van der Waals surface area contributed by atoms with E-state index in [0.717, 1.165) is 10.4 Å². The van der Waals surface area contributed by atoms with Gasteiger partial charge in [-0.15, -0.1) is 11.3 Å². The highest BCUT2D eigenvalue weighted by Gasteiger charge is 2.11. The van der Waals surface area contributed by atoms with E-state index in [9.17, 15) is 9.59 Å². The summed E-state index contributed by atoms with van der Waals surface area (Å²) in [6.45, 7) is 2.13. The number of carbonyl (C=O) groups is 1. The van der Waals surface area contributed by atoms with Crippen molar-refractivity contribution in [2.45, 2.75) is 13.5 Å². The molecule has 0 amide bonds. The van der Waals surface area contributed by atoms with Gasteiger partial charge in [0, 0.05) is 4.88 Å². The molecule has 0 aliphatic carbocycles. The summed E-state index contributed by atoms with van der Waals surface area (Å²) in [6.07, 6.45) is 1.55. The first-order chi connectivity index (χ1) is 13.6. The van der Waals surface area contributed by atoms with Crippen LogP contribution in [0, 0.1) is 0 Å². The number of thiophene rings is 1. The van der Waals surface area contributed by atoms with E-state index in [0.29, 0.717) is 28.1 Å². The van der Waals surface area contributed by atoms with Gasteiger partial charge in [0.15, 0.2) is 5.78 Å². The van der Waals surface area contributed by atoms with Gasteiger partial charge in [0.05, 0.1) is 24.0 Å². The van der Waals surface area contributed by atoms with Gasteiger partial charge in [-0.2, -0.15) is 0 Å². The third kappa shape index (κ3) is 3.59. The van der Waals surface area contributed by atoms with Crippen molar-refractivity contribution in [3.63, 3.8) is 0 Å². The van der Waals surface area contributed by atoms with Crippen LogP contribution < -0.4 is 10.3 Å². The Balaban J connectivity index is 1.54. The fourth-order valence-electron chi connectivity index (χ4n) is 2.99. The fourth-order valence-corrected chi connectivity index (χ4v) is 4.05. The van der Waals surface area contributed by atoms with Crippen LogP contribution in [0.1, 0.15) is 17.3 Å². The van der Waals surface area contributed by atoms with E-state index < -0.39 is 0 Å². The zero-order chi connectivity index (χ0) is 19.5. The normalized spacial score (nSPS) is 10.9. The molecule has 28 heavy (non-hydrogen) atoms. The van der Waals surface area contributed by atoms with E-state index in [4.69, 9.17) is 4.74 Å². The number of aromatic nitrogens is 2. The van der Waals surface area contributed by atoms with E-state index in [-0.39, 0.29) is 17.9 Å². The second-order valence-electron chi connectivity index (χ2n) is 6.33. The van der Waals surface area contributed by atoms with Crippen molar-refractivity contribution in [3.05, 3.63) is 82.9 Å². The largest absolute Gasteiger partial charge is 0.491 e. The van der Waals surface area contributed by atoms with E-state index in [1.54, 1.807) is 29.1 Å². The van der Waals surface area contributed by atoms with Gasteiger partial charge in [-0.1, -0.05) is 42.5 Å². The highest BCUT2D eigenvalue weighted by molar-refractivity contribution is 7.22. The van der Waals surface area contributed by atoms with Crippen LogP contribution in [-0.2, 0) is 6.54 Å². The number of ether oxygens (including phenoxy) is 1. The van der Waals surface area contributed by atoms with Crippen LogP contribution >= 0.6 is 11.3 Å². The highest BCUT2D eigenvalue weighted by Crippen LogP contribution is 2.30. The van der Waals surface area contributed by atoms with Crippen molar-refractivity contribution >= 4 is 27.3 Å². The summed E-state index contributed by atoms with van der Waals surface area (Å²) in [6, 6.07) is 19.0. The number of carbonyl (C=O) groups excluding carboxylic acids is 1. The zero-order valence-corrected chi connectivity index (χ0v) is 16.1. The number of ketones is 1. The van der Waals surface area contributed by atoms with Gasteiger partial charge in [0.1, 0.15) is 17.1 Å². The molecule has 0 aliphatic heterocycles. The Labute approximate surface area is 165 Å². The molecule has 0 saturated heterocycles. The molecule has 0 aliphatic rings. The molecule has 4 aromatic rings. The minimum absolute atomic E-state index is 0.0529. The van der Waals surface area contributed by atoms with Crippen LogP contribution in [0.15, 0.2) is 71.8 Å². The average Bonchev–Trinajstić information content (AvgIpc) is 3.16. The zero-order valence-electron chi connectivity index (χ0n) is 15.3. The molecule has 4 rings (SSSR count). The highest BCUT2D eigenvalue weighted by atomic mass is 32.1. The molecule has 2 aromatic carbocycles. The predicted molar refractivity (Wildman–Crippen MR) is 111 cm³/mol. The Kier molecular flexibility index (Phi) is 5.04. The molecule has 0 unspecified atom stereocenters. The molecular formula is C22H18N2O3S. The number of para-hydroxylation sites is 1. The van der Waals surface area contributed by atoms with Gasteiger partial charge < -0.3 is 4.74 Å². The summed E-state index contributed by atoms with van der Waals surface area (Å²) in [5, 5.41) is 0. The lowest BCUT2D eigenvalue weighted by Crippen LogP contribution is -2.23. The average molecular weight is 390 g/mol. The maximum atomic E-state index is 12.8. The third-order valence-corrected chi connectivity index (χ3v) is 5.58. The molecule has 2 aromatic heterocycles. The number of rotatable bonds is 6. The molecule has 0 bridgehead atoms. The molecule has 0 N–H and O–H groups in total. The summed E-state index contributed by atoms with van der Waals surface area (Å²) in [7, 11) is 0.